The summed E-state index contributed by atoms with van der Waals surface area (Å²) in [4.78, 5) is 15.4. The minimum Gasteiger partial charge on any atom is -0.322 e. The Hall–Kier alpha value is -1.93. The number of halogens is 1. The molecule has 2 aliphatic heterocycles. The lowest BCUT2D eigenvalue weighted by Gasteiger charge is -2.26. The highest BCUT2D eigenvalue weighted by Crippen LogP contribution is 2.26. The van der Waals surface area contributed by atoms with Crippen LogP contribution in [0.1, 0.15) is 48.0 Å². The van der Waals surface area contributed by atoms with Crippen LogP contribution in [0.3, 0.4) is 0 Å². The van der Waals surface area contributed by atoms with Gasteiger partial charge in [-0.15, -0.1) is 0 Å². The molecule has 0 aliphatic carbocycles. The first-order chi connectivity index (χ1) is 14.9. The predicted molar refractivity (Wildman–Crippen MR) is 123 cm³/mol. The molecular weight excluding hydrogens is 434 g/mol. The van der Waals surface area contributed by atoms with Gasteiger partial charge < -0.3 is 5.32 Å². The summed E-state index contributed by atoms with van der Waals surface area (Å²) in [6, 6.07) is 12.1. The van der Waals surface area contributed by atoms with Gasteiger partial charge >= 0.3 is 0 Å². The van der Waals surface area contributed by atoms with Gasteiger partial charge in [-0.2, -0.15) is 4.31 Å². The van der Waals surface area contributed by atoms with Gasteiger partial charge in [0.1, 0.15) is 0 Å². The van der Waals surface area contributed by atoms with E-state index in [1.54, 1.807) is 0 Å². The van der Waals surface area contributed by atoms with Crippen molar-refractivity contribution in [2.75, 3.05) is 31.5 Å². The van der Waals surface area contributed by atoms with Gasteiger partial charge in [0.25, 0.3) is 5.91 Å². The number of carbonyl (C=O) groups is 1. The zero-order chi connectivity index (χ0) is 21.8. The number of benzene rings is 2. The second-order valence-corrected chi connectivity index (χ2v) is 10.6. The van der Waals surface area contributed by atoms with E-state index in [-0.39, 0.29) is 15.5 Å². The molecule has 0 bridgehead atoms. The Morgan fingerprint density at radius 3 is 2.39 bits per heavy atom. The van der Waals surface area contributed by atoms with Gasteiger partial charge in [0.05, 0.1) is 15.5 Å². The Bertz CT molecular complexity index is 1050. The van der Waals surface area contributed by atoms with Gasteiger partial charge in [-0.1, -0.05) is 30.2 Å². The van der Waals surface area contributed by atoms with Crippen molar-refractivity contribution in [1.29, 1.82) is 0 Å². The molecule has 166 valence electrons. The third kappa shape index (κ3) is 5.29. The molecule has 2 saturated heterocycles. The zero-order valence-corrected chi connectivity index (χ0v) is 19.1. The molecule has 6 nitrogen and oxygen atoms in total. The number of nitrogens with zero attached hydrogens (tertiary/aromatic N) is 2. The summed E-state index contributed by atoms with van der Waals surface area (Å²) in [6.45, 7) is 4.08. The fourth-order valence-corrected chi connectivity index (χ4v) is 5.99. The first kappa shape index (κ1) is 22.3. The van der Waals surface area contributed by atoms with Crippen LogP contribution in [0.15, 0.2) is 47.4 Å². The second-order valence-electron chi connectivity index (χ2n) is 8.24. The summed E-state index contributed by atoms with van der Waals surface area (Å²) in [5.41, 5.74) is 1.96. The Labute approximate surface area is 189 Å². The lowest BCUT2D eigenvalue weighted by atomic mass is 10.1. The highest BCUT2D eigenvalue weighted by Gasteiger charge is 2.28. The number of hydrogen-bond donors (Lipinski definition) is 1. The molecule has 31 heavy (non-hydrogen) atoms. The third-order valence-electron chi connectivity index (χ3n) is 5.92. The van der Waals surface area contributed by atoms with Crippen molar-refractivity contribution >= 4 is 33.2 Å². The maximum atomic E-state index is 12.9. The van der Waals surface area contributed by atoms with Gasteiger partial charge in [-0.05, 0) is 74.7 Å². The maximum Gasteiger partial charge on any atom is 0.257 e. The molecule has 2 aromatic rings. The minimum atomic E-state index is -3.62. The quantitative estimate of drug-likeness (QED) is 0.693. The van der Waals surface area contributed by atoms with Crippen LogP contribution in [0.2, 0.25) is 5.02 Å². The monoisotopic (exact) mass is 461 g/mol. The molecule has 0 radical (unpaired) electrons. The number of anilines is 1. The van der Waals surface area contributed by atoms with E-state index in [1.165, 1.54) is 41.8 Å². The van der Waals surface area contributed by atoms with Crippen molar-refractivity contribution in [3.8, 4) is 0 Å². The SMILES string of the molecule is O=C(Nc1cccc(CN2CCCCC2)c1)c1cc(S(=O)(=O)N2CCCC2)ccc1Cl. The van der Waals surface area contributed by atoms with Gasteiger partial charge in [0, 0.05) is 25.3 Å². The fraction of sp³-hybridized carbons (Fsp3) is 0.435. The number of carbonyl (C=O) groups excluding carboxylic acids is 1. The molecular formula is C23H28ClN3O3S. The highest BCUT2D eigenvalue weighted by molar-refractivity contribution is 7.89. The van der Waals surface area contributed by atoms with Crippen LogP contribution in [0.4, 0.5) is 5.69 Å². The number of amides is 1. The number of likely N-dealkylation sites (tertiary alicyclic amines) is 1. The van der Waals surface area contributed by atoms with E-state index in [1.807, 2.05) is 18.2 Å². The predicted octanol–water partition coefficient (Wildman–Crippen LogP) is 4.36. The third-order valence-corrected chi connectivity index (χ3v) is 8.15. The summed E-state index contributed by atoms with van der Waals surface area (Å²) in [5, 5.41) is 3.10. The highest BCUT2D eigenvalue weighted by atomic mass is 35.5. The summed E-state index contributed by atoms with van der Waals surface area (Å²) in [6.07, 6.45) is 5.46. The lowest BCUT2D eigenvalue weighted by molar-refractivity contribution is 0.102. The summed E-state index contributed by atoms with van der Waals surface area (Å²) < 4.78 is 27.2. The van der Waals surface area contributed by atoms with Crippen LogP contribution >= 0.6 is 11.6 Å². The smallest absolute Gasteiger partial charge is 0.257 e. The maximum absolute atomic E-state index is 12.9. The van der Waals surface area contributed by atoms with E-state index in [2.05, 4.69) is 16.3 Å². The molecule has 0 spiro atoms. The molecule has 1 N–H and O–H groups in total. The molecule has 0 saturated carbocycles. The van der Waals surface area contributed by atoms with Crippen LogP contribution in [-0.4, -0.2) is 49.7 Å². The van der Waals surface area contributed by atoms with E-state index in [9.17, 15) is 13.2 Å². The van der Waals surface area contributed by atoms with Gasteiger partial charge in [0.2, 0.25) is 10.0 Å². The molecule has 0 aromatic heterocycles. The van der Waals surface area contributed by atoms with E-state index in [4.69, 9.17) is 11.6 Å². The first-order valence-electron chi connectivity index (χ1n) is 10.9. The zero-order valence-electron chi connectivity index (χ0n) is 17.5. The summed E-state index contributed by atoms with van der Waals surface area (Å²) in [5.74, 6) is -0.418. The molecule has 2 heterocycles. The standard InChI is InChI=1S/C23H28ClN3O3S/c24-22-10-9-20(31(29,30)27-13-4-5-14-27)16-21(22)23(28)25-19-8-6-7-18(15-19)17-26-11-2-1-3-12-26/h6-10,15-16H,1-5,11-14,17H2,(H,25,28). The van der Waals surface area contributed by atoms with Crippen molar-refractivity contribution in [2.45, 2.75) is 43.5 Å². The lowest BCUT2D eigenvalue weighted by Crippen LogP contribution is -2.29. The molecule has 1 amide bonds. The molecule has 4 rings (SSSR count). The molecule has 2 aliphatic rings. The summed E-state index contributed by atoms with van der Waals surface area (Å²) in [7, 11) is -3.62. The number of hydrogen-bond acceptors (Lipinski definition) is 4. The fourth-order valence-electron chi connectivity index (χ4n) is 4.24. The van der Waals surface area contributed by atoms with Crippen LogP contribution < -0.4 is 5.32 Å². The number of rotatable bonds is 6. The Morgan fingerprint density at radius 2 is 1.65 bits per heavy atom. The minimum absolute atomic E-state index is 0.0998. The van der Waals surface area contributed by atoms with E-state index in [0.717, 1.165) is 38.0 Å². The average molecular weight is 462 g/mol. The van der Waals surface area contributed by atoms with Gasteiger partial charge in [-0.25, -0.2) is 8.42 Å². The summed E-state index contributed by atoms with van der Waals surface area (Å²) >= 11 is 6.25. The van der Waals surface area contributed by atoms with Crippen molar-refractivity contribution in [3.05, 3.63) is 58.6 Å². The van der Waals surface area contributed by atoms with Crippen LogP contribution in [-0.2, 0) is 16.6 Å². The Morgan fingerprint density at radius 1 is 0.935 bits per heavy atom. The largest absolute Gasteiger partial charge is 0.322 e. The van der Waals surface area contributed by atoms with Crippen molar-refractivity contribution in [1.82, 2.24) is 9.21 Å². The molecule has 0 unspecified atom stereocenters. The topological polar surface area (TPSA) is 69.7 Å². The number of nitrogens with one attached hydrogen (secondary N) is 1. The van der Waals surface area contributed by atoms with E-state index >= 15 is 0 Å². The number of sulfonamides is 1. The second kappa shape index (κ2) is 9.69. The van der Waals surface area contributed by atoms with Gasteiger partial charge in [-0.3, -0.25) is 9.69 Å². The normalized spacial score (nSPS) is 18.2. The van der Waals surface area contributed by atoms with Crippen LogP contribution in [0, 0.1) is 0 Å². The van der Waals surface area contributed by atoms with Crippen LogP contribution in [0.5, 0.6) is 0 Å². The van der Waals surface area contributed by atoms with E-state index < -0.39 is 15.9 Å². The van der Waals surface area contributed by atoms with Crippen molar-refractivity contribution in [2.24, 2.45) is 0 Å². The van der Waals surface area contributed by atoms with Crippen molar-refractivity contribution in [3.63, 3.8) is 0 Å². The van der Waals surface area contributed by atoms with E-state index in [0.29, 0.717) is 18.8 Å². The Balaban J connectivity index is 1.50. The molecule has 2 aromatic carbocycles. The molecule has 2 fully saturated rings. The molecule has 0 atom stereocenters. The first-order valence-corrected chi connectivity index (χ1v) is 12.7. The average Bonchev–Trinajstić information content (AvgIpc) is 3.31. The van der Waals surface area contributed by atoms with Crippen molar-refractivity contribution < 1.29 is 13.2 Å². The number of piperidine rings is 1. The van der Waals surface area contributed by atoms with Crippen LogP contribution in [0.25, 0.3) is 0 Å². The van der Waals surface area contributed by atoms with Gasteiger partial charge in [0.15, 0.2) is 0 Å². The molecule has 8 heteroatoms. The Kier molecular flexibility index (Phi) is 6.96.